The number of carboxylic acid groups (broad SMARTS) is 1. The van der Waals surface area contributed by atoms with Crippen LogP contribution in [0.5, 0.6) is 0 Å². The molecule has 0 aliphatic carbocycles. The van der Waals surface area contributed by atoms with Gasteiger partial charge in [0.25, 0.3) is 5.91 Å². The Balaban J connectivity index is 1.98. The van der Waals surface area contributed by atoms with Gasteiger partial charge in [0.2, 0.25) is 5.91 Å². The number of carboxylic acids is 1. The van der Waals surface area contributed by atoms with Crippen molar-refractivity contribution in [3.63, 3.8) is 0 Å². The Bertz CT molecular complexity index is 727. The first-order chi connectivity index (χ1) is 10.5. The molecule has 2 aromatic carbocycles. The van der Waals surface area contributed by atoms with E-state index in [1.165, 1.54) is 0 Å². The van der Waals surface area contributed by atoms with E-state index < -0.39 is 23.8 Å². The smallest absolute Gasteiger partial charge is 0.320 e. The van der Waals surface area contributed by atoms with Crippen LogP contribution >= 0.6 is 0 Å². The monoisotopic (exact) mass is 300 g/mol. The average molecular weight is 300 g/mol. The highest BCUT2D eigenvalue weighted by atomic mass is 16.4. The number of rotatable bonds is 5. The Morgan fingerprint density at radius 1 is 1.09 bits per heavy atom. The summed E-state index contributed by atoms with van der Waals surface area (Å²) in [4.78, 5) is 34.2. The molecule has 0 fully saturated rings. The molecule has 2 aromatic rings. The first kappa shape index (κ1) is 15.7. The highest BCUT2D eigenvalue weighted by Gasteiger charge is 2.15. The number of benzene rings is 2. The maximum absolute atomic E-state index is 12.0. The number of aliphatic carboxylic acids is 1. The van der Waals surface area contributed by atoms with Gasteiger partial charge in [0, 0.05) is 12.0 Å². The molecule has 4 N–H and O–H groups in total. The van der Waals surface area contributed by atoms with Crippen LogP contribution in [-0.4, -0.2) is 28.9 Å². The summed E-state index contributed by atoms with van der Waals surface area (Å²) in [7, 11) is 0. The quantitative estimate of drug-likeness (QED) is 0.770. The predicted molar refractivity (Wildman–Crippen MR) is 81.3 cm³/mol. The second-order valence-corrected chi connectivity index (χ2v) is 4.92. The fourth-order valence-electron chi connectivity index (χ4n) is 2.00. The molecule has 0 spiro atoms. The maximum Gasteiger partial charge on any atom is 0.320 e. The first-order valence-electron chi connectivity index (χ1n) is 6.79. The van der Waals surface area contributed by atoms with Crippen LogP contribution in [0.4, 0.5) is 0 Å². The van der Waals surface area contributed by atoms with Crippen molar-refractivity contribution in [1.29, 1.82) is 0 Å². The first-order valence-corrected chi connectivity index (χ1v) is 6.79. The molecule has 0 aromatic heterocycles. The largest absolute Gasteiger partial charge is 0.480 e. The van der Waals surface area contributed by atoms with Crippen LogP contribution in [-0.2, 0) is 9.59 Å². The van der Waals surface area contributed by atoms with Crippen molar-refractivity contribution in [1.82, 2.24) is 5.32 Å². The molecule has 1 atom stereocenters. The van der Waals surface area contributed by atoms with Crippen molar-refractivity contribution < 1.29 is 19.5 Å². The zero-order chi connectivity index (χ0) is 16.1. The summed E-state index contributed by atoms with van der Waals surface area (Å²) in [6.45, 7) is 0. The Kier molecular flexibility index (Phi) is 4.85. The number of hydrogen-bond acceptors (Lipinski definition) is 4. The molecule has 6 nitrogen and oxygen atoms in total. The van der Waals surface area contributed by atoms with E-state index in [-0.39, 0.29) is 12.8 Å². The number of amides is 2. The lowest BCUT2D eigenvalue weighted by molar-refractivity contribution is -0.138. The fraction of sp³-hybridized carbons (Fsp3) is 0.188. The molecule has 0 heterocycles. The summed E-state index contributed by atoms with van der Waals surface area (Å²) in [5.74, 6) is -2.23. The highest BCUT2D eigenvalue weighted by molar-refractivity contribution is 6.06. The number of imide groups is 1. The Morgan fingerprint density at radius 3 is 2.45 bits per heavy atom. The molecule has 22 heavy (non-hydrogen) atoms. The summed E-state index contributed by atoms with van der Waals surface area (Å²) < 4.78 is 0. The molecule has 114 valence electrons. The van der Waals surface area contributed by atoms with Gasteiger partial charge in [-0.05, 0) is 29.3 Å². The molecular weight excluding hydrogens is 284 g/mol. The summed E-state index contributed by atoms with van der Waals surface area (Å²) in [5, 5.41) is 12.8. The Hall–Kier alpha value is -2.73. The molecule has 0 bridgehead atoms. The minimum atomic E-state index is -1.17. The number of carbonyl (C=O) groups is 3. The molecule has 0 saturated heterocycles. The highest BCUT2D eigenvalue weighted by Crippen LogP contribution is 2.15. The van der Waals surface area contributed by atoms with Crippen LogP contribution in [0.25, 0.3) is 10.8 Å². The third-order valence-corrected chi connectivity index (χ3v) is 3.26. The Morgan fingerprint density at radius 2 is 1.77 bits per heavy atom. The van der Waals surface area contributed by atoms with E-state index in [1.54, 1.807) is 18.2 Å². The second-order valence-electron chi connectivity index (χ2n) is 4.92. The summed E-state index contributed by atoms with van der Waals surface area (Å²) in [6.07, 6.45) is -0.140. The van der Waals surface area contributed by atoms with Gasteiger partial charge in [0.05, 0.1) is 0 Å². The van der Waals surface area contributed by atoms with Crippen LogP contribution in [0.2, 0.25) is 0 Å². The minimum Gasteiger partial charge on any atom is -0.480 e. The van der Waals surface area contributed by atoms with E-state index in [2.05, 4.69) is 5.32 Å². The third-order valence-electron chi connectivity index (χ3n) is 3.26. The summed E-state index contributed by atoms with van der Waals surface area (Å²) >= 11 is 0. The van der Waals surface area contributed by atoms with Crippen LogP contribution in [0, 0.1) is 0 Å². The lowest BCUT2D eigenvalue weighted by Crippen LogP contribution is -2.34. The fourth-order valence-corrected chi connectivity index (χ4v) is 2.00. The molecule has 6 heteroatoms. The molecule has 0 saturated carbocycles. The van der Waals surface area contributed by atoms with Crippen LogP contribution in [0.3, 0.4) is 0 Å². The van der Waals surface area contributed by atoms with Crippen molar-refractivity contribution in [2.24, 2.45) is 5.73 Å². The van der Waals surface area contributed by atoms with E-state index in [9.17, 15) is 14.4 Å². The second kappa shape index (κ2) is 6.82. The third kappa shape index (κ3) is 3.89. The van der Waals surface area contributed by atoms with Crippen molar-refractivity contribution in [3.05, 3.63) is 48.0 Å². The molecule has 2 amide bonds. The van der Waals surface area contributed by atoms with Gasteiger partial charge in [-0.25, -0.2) is 0 Å². The number of carbonyl (C=O) groups excluding carboxylic acids is 2. The summed E-state index contributed by atoms with van der Waals surface area (Å²) in [5.41, 5.74) is 5.67. The van der Waals surface area contributed by atoms with E-state index in [1.807, 2.05) is 24.3 Å². The van der Waals surface area contributed by atoms with Gasteiger partial charge >= 0.3 is 5.97 Å². The van der Waals surface area contributed by atoms with Gasteiger partial charge in [0.1, 0.15) is 6.04 Å². The Labute approximate surface area is 126 Å². The predicted octanol–water partition coefficient (Wildman–Crippen LogP) is 1.29. The van der Waals surface area contributed by atoms with Crippen LogP contribution < -0.4 is 11.1 Å². The minimum absolute atomic E-state index is 0.0217. The van der Waals surface area contributed by atoms with Gasteiger partial charge in [0.15, 0.2) is 0 Å². The SMILES string of the molecule is N[C@H](CCC(=O)NC(=O)c1ccc2ccccc2c1)C(=O)O. The molecular formula is C16H16N2O4. The molecule has 0 radical (unpaired) electrons. The van der Waals surface area contributed by atoms with Gasteiger partial charge in [-0.15, -0.1) is 0 Å². The van der Waals surface area contributed by atoms with Gasteiger partial charge in [-0.3, -0.25) is 19.7 Å². The topological polar surface area (TPSA) is 109 Å². The van der Waals surface area contributed by atoms with Gasteiger partial charge < -0.3 is 10.8 Å². The molecule has 2 rings (SSSR count). The van der Waals surface area contributed by atoms with Crippen molar-refractivity contribution in [3.8, 4) is 0 Å². The van der Waals surface area contributed by atoms with Crippen molar-refractivity contribution in [2.45, 2.75) is 18.9 Å². The van der Waals surface area contributed by atoms with Crippen LogP contribution in [0.15, 0.2) is 42.5 Å². The molecule has 0 aliphatic rings. The van der Waals surface area contributed by atoms with E-state index in [0.29, 0.717) is 5.56 Å². The number of nitrogens with one attached hydrogen (secondary N) is 1. The lowest BCUT2D eigenvalue weighted by Gasteiger charge is -2.07. The standard InChI is InChI=1S/C16H16N2O4/c17-13(16(21)22)7-8-14(19)18-15(20)12-6-5-10-3-1-2-4-11(10)9-12/h1-6,9,13H,7-8,17H2,(H,21,22)(H,18,19,20)/t13-/m1/s1. The lowest BCUT2D eigenvalue weighted by atomic mass is 10.1. The van der Waals surface area contributed by atoms with E-state index >= 15 is 0 Å². The zero-order valence-corrected chi connectivity index (χ0v) is 11.8. The van der Waals surface area contributed by atoms with E-state index in [4.69, 9.17) is 10.8 Å². The molecule has 0 unspecified atom stereocenters. The number of fused-ring (bicyclic) bond motifs is 1. The average Bonchev–Trinajstić information content (AvgIpc) is 2.51. The number of nitrogens with two attached hydrogens (primary N) is 1. The van der Waals surface area contributed by atoms with E-state index in [0.717, 1.165) is 10.8 Å². The zero-order valence-electron chi connectivity index (χ0n) is 11.8. The number of hydrogen-bond donors (Lipinski definition) is 3. The normalized spacial score (nSPS) is 11.9. The maximum atomic E-state index is 12.0. The van der Waals surface area contributed by atoms with Crippen molar-refractivity contribution in [2.75, 3.05) is 0 Å². The van der Waals surface area contributed by atoms with Gasteiger partial charge in [-0.2, -0.15) is 0 Å². The van der Waals surface area contributed by atoms with Crippen LogP contribution in [0.1, 0.15) is 23.2 Å². The molecule has 0 aliphatic heterocycles. The summed E-state index contributed by atoms with van der Waals surface area (Å²) in [6, 6.07) is 11.6. The van der Waals surface area contributed by atoms with Gasteiger partial charge in [-0.1, -0.05) is 30.3 Å². The van der Waals surface area contributed by atoms with Crippen molar-refractivity contribution >= 4 is 28.6 Å².